The Morgan fingerprint density at radius 2 is 2.00 bits per heavy atom. The van der Waals surface area contributed by atoms with Gasteiger partial charge in [0, 0.05) is 24.5 Å². The minimum absolute atomic E-state index is 0.0454. The molecule has 1 aliphatic rings. The molecule has 2 aromatic rings. The van der Waals surface area contributed by atoms with Crippen molar-refractivity contribution in [2.75, 3.05) is 32.6 Å². The lowest BCUT2D eigenvalue weighted by Gasteiger charge is -2.32. The lowest BCUT2D eigenvalue weighted by Crippen LogP contribution is -2.35. The van der Waals surface area contributed by atoms with E-state index in [4.69, 9.17) is 21.1 Å². The minimum Gasteiger partial charge on any atom is -0.495 e. The topological polar surface area (TPSA) is 50.8 Å². The summed E-state index contributed by atoms with van der Waals surface area (Å²) in [6.45, 7) is 2.68. The number of carbonyl (C=O) groups excluding carboxylic acids is 1. The molecule has 3 rings (SSSR count). The van der Waals surface area contributed by atoms with Crippen molar-refractivity contribution < 1.29 is 18.7 Å². The van der Waals surface area contributed by atoms with Crippen LogP contribution in [0.3, 0.4) is 0 Å². The van der Waals surface area contributed by atoms with Gasteiger partial charge in [0.15, 0.2) is 11.6 Å². The number of benzene rings is 2. The highest BCUT2D eigenvalue weighted by Gasteiger charge is 2.21. The van der Waals surface area contributed by atoms with Crippen molar-refractivity contribution in [3.05, 3.63) is 52.8 Å². The van der Waals surface area contributed by atoms with Crippen LogP contribution >= 0.6 is 11.6 Å². The Labute approximate surface area is 182 Å². The van der Waals surface area contributed by atoms with Crippen molar-refractivity contribution in [3.8, 4) is 11.5 Å². The van der Waals surface area contributed by atoms with Gasteiger partial charge in [-0.3, -0.25) is 9.69 Å². The Morgan fingerprint density at radius 1 is 1.20 bits per heavy atom. The number of anilines is 1. The molecule has 0 unspecified atom stereocenters. The first kappa shape index (κ1) is 22.4. The maximum absolute atomic E-state index is 13.6. The smallest absolute Gasteiger partial charge is 0.224 e. The fourth-order valence-electron chi connectivity index (χ4n) is 3.92. The van der Waals surface area contributed by atoms with Crippen molar-refractivity contribution in [2.45, 2.75) is 32.2 Å². The second kappa shape index (κ2) is 10.6. The van der Waals surface area contributed by atoms with Crippen molar-refractivity contribution in [1.82, 2.24) is 4.90 Å². The molecule has 1 heterocycles. The van der Waals surface area contributed by atoms with Crippen LogP contribution in [0.2, 0.25) is 5.02 Å². The van der Waals surface area contributed by atoms with Crippen LogP contribution < -0.4 is 14.8 Å². The SMILES string of the molecule is COc1cc(CN2CCC[C@H](CCC(=O)Nc3cc(Cl)ccc3OC)C2)ccc1F. The number of halogens is 2. The van der Waals surface area contributed by atoms with Crippen LogP contribution in [-0.2, 0) is 11.3 Å². The van der Waals surface area contributed by atoms with Gasteiger partial charge in [0.1, 0.15) is 5.75 Å². The molecule has 0 saturated carbocycles. The summed E-state index contributed by atoms with van der Waals surface area (Å²) in [5.41, 5.74) is 1.62. The predicted octanol–water partition coefficient (Wildman–Crippen LogP) is 5.13. The van der Waals surface area contributed by atoms with E-state index in [1.165, 1.54) is 13.2 Å². The van der Waals surface area contributed by atoms with Gasteiger partial charge in [-0.05, 0) is 67.6 Å². The number of hydrogen-bond donors (Lipinski definition) is 1. The lowest BCUT2D eigenvalue weighted by atomic mass is 9.93. The van der Waals surface area contributed by atoms with E-state index in [2.05, 4.69) is 10.2 Å². The number of piperidine rings is 1. The molecule has 1 saturated heterocycles. The van der Waals surface area contributed by atoms with E-state index in [9.17, 15) is 9.18 Å². The monoisotopic (exact) mass is 434 g/mol. The second-order valence-electron chi connectivity index (χ2n) is 7.64. The van der Waals surface area contributed by atoms with Crippen LogP contribution in [0.5, 0.6) is 11.5 Å². The Morgan fingerprint density at radius 3 is 2.77 bits per heavy atom. The Bertz CT molecular complexity index is 878. The molecule has 0 radical (unpaired) electrons. The van der Waals surface area contributed by atoms with E-state index in [1.54, 1.807) is 37.4 Å². The zero-order valence-electron chi connectivity index (χ0n) is 17.4. The number of ether oxygens (including phenoxy) is 2. The van der Waals surface area contributed by atoms with Gasteiger partial charge in [-0.2, -0.15) is 0 Å². The lowest BCUT2D eigenvalue weighted by molar-refractivity contribution is -0.116. The number of hydrogen-bond acceptors (Lipinski definition) is 4. The fourth-order valence-corrected chi connectivity index (χ4v) is 4.09. The van der Waals surface area contributed by atoms with Crippen LogP contribution in [0, 0.1) is 11.7 Å². The molecule has 5 nitrogen and oxygen atoms in total. The summed E-state index contributed by atoms with van der Waals surface area (Å²) in [5.74, 6) is 0.921. The molecule has 0 aliphatic carbocycles. The standard InChI is InChI=1S/C23H28ClFN2O3/c1-29-21-9-7-18(24)13-20(21)26-23(28)10-6-16-4-3-11-27(14-16)15-17-5-8-19(25)22(12-17)30-2/h5,7-9,12-13,16H,3-4,6,10-11,14-15H2,1-2H3,(H,26,28)/t16-/m1/s1. The van der Waals surface area contributed by atoms with Crippen molar-refractivity contribution in [2.24, 2.45) is 5.92 Å². The van der Waals surface area contributed by atoms with E-state index in [1.807, 2.05) is 0 Å². The van der Waals surface area contributed by atoms with Crippen LogP contribution in [0.25, 0.3) is 0 Å². The molecule has 0 bridgehead atoms. The number of rotatable bonds is 8. The third kappa shape index (κ3) is 6.09. The highest BCUT2D eigenvalue weighted by Crippen LogP contribution is 2.29. The normalized spacial score (nSPS) is 16.9. The van der Waals surface area contributed by atoms with Crippen LogP contribution in [-0.4, -0.2) is 38.1 Å². The van der Waals surface area contributed by atoms with Crippen LogP contribution in [0.15, 0.2) is 36.4 Å². The van der Waals surface area contributed by atoms with Crippen LogP contribution in [0.1, 0.15) is 31.2 Å². The molecule has 0 aromatic heterocycles. The van der Waals surface area contributed by atoms with Crippen molar-refractivity contribution >= 4 is 23.2 Å². The molecule has 30 heavy (non-hydrogen) atoms. The molecule has 0 spiro atoms. The van der Waals surface area contributed by atoms with Gasteiger partial charge in [0.05, 0.1) is 19.9 Å². The van der Waals surface area contributed by atoms with Gasteiger partial charge in [0.25, 0.3) is 0 Å². The van der Waals surface area contributed by atoms with E-state index in [0.717, 1.165) is 44.5 Å². The summed E-state index contributed by atoms with van der Waals surface area (Å²) < 4.78 is 24.0. The molecular formula is C23H28ClFN2O3. The second-order valence-corrected chi connectivity index (χ2v) is 8.08. The largest absolute Gasteiger partial charge is 0.495 e. The number of amides is 1. The van der Waals surface area contributed by atoms with E-state index in [0.29, 0.717) is 28.8 Å². The van der Waals surface area contributed by atoms with Crippen molar-refractivity contribution in [3.63, 3.8) is 0 Å². The first-order valence-corrected chi connectivity index (χ1v) is 10.5. The number of methoxy groups -OCH3 is 2. The minimum atomic E-state index is -0.347. The highest BCUT2D eigenvalue weighted by molar-refractivity contribution is 6.31. The molecule has 7 heteroatoms. The quantitative estimate of drug-likeness (QED) is 0.626. The summed E-state index contributed by atoms with van der Waals surface area (Å²) in [5, 5.41) is 3.45. The summed E-state index contributed by atoms with van der Waals surface area (Å²) >= 11 is 6.03. The maximum atomic E-state index is 13.6. The average molecular weight is 435 g/mol. The maximum Gasteiger partial charge on any atom is 0.224 e. The Balaban J connectivity index is 1.50. The van der Waals surface area contributed by atoms with Gasteiger partial charge in [0.2, 0.25) is 5.91 Å². The molecule has 1 fully saturated rings. The van der Waals surface area contributed by atoms with E-state index in [-0.39, 0.29) is 17.5 Å². The number of carbonyl (C=O) groups is 1. The van der Waals surface area contributed by atoms with Gasteiger partial charge >= 0.3 is 0 Å². The zero-order chi connectivity index (χ0) is 21.5. The van der Waals surface area contributed by atoms with Gasteiger partial charge < -0.3 is 14.8 Å². The molecular weight excluding hydrogens is 407 g/mol. The average Bonchev–Trinajstić information content (AvgIpc) is 2.74. The summed E-state index contributed by atoms with van der Waals surface area (Å²) in [6, 6.07) is 10.2. The predicted molar refractivity (Wildman–Crippen MR) is 117 cm³/mol. The molecule has 2 aromatic carbocycles. The van der Waals surface area contributed by atoms with Gasteiger partial charge in [-0.25, -0.2) is 4.39 Å². The van der Waals surface area contributed by atoms with Gasteiger partial charge in [-0.1, -0.05) is 17.7 Å². The van der Waals surface area contributed by atoms with Crippen molar-refractivity contribution in [1.29, 1.82) is 0 Å². The number of nitrogens with one attached hydrogen (secondary N) is 1. The summed E-state index contributed by atoms with van der Waals surface area (Å²) in [6.07, 6.45) is 3.46. The first-order valence-electron chi connectivity index (χ1n) is 10.2. The number of nitrogens with zero attached hydrogens (tertiary/aromatic N) is 1. The summed E-state index contributed by atoms with van der Waals surface area (Å²) in [7, 11) is 3.04. The molecule has 162 valence electrons. The number of likely N-dealkylation sites (tertiary alicyclic amines) is 1. The van der Waals surface area contributed by atoms with E-state index < -0.39 is 0 Å². The molecule has 1 amide bonds. The molecule has 1 atom stereocenters. The Hall–Kier alpha value is -2.31. The highest BCUT2D eigenvalue weighted by atomic mass is 35.5. The fraction of sp³-hybridized carbons (Fsp3) is 0.435. The third-order valence-corrected chi connectivity index (χ3v) is 5.68. The van der Waals surface area contributed by atoms with Gasteiger partial charge in [-0.15, -0.1) is 0 Å². The third-order valence-electron chi connectivity index (χ3n) is 5.44. The molecule has 1 aliphatic heterocycles. The molecule has 1 N–H and O–H groups in total. The summed E-state index contributed by atoms with van der Waals surface area (Å²) in [4.78, 5) is 14.8. The van der Waals surface area contributed by atoms with E-state index >= 15 is 0 Å². The van der Waals surface area contributed by atoms with Crippen LogP contribution in [0.4, 0.5) is 10.1 Å². The first-order chi connectivity index (χ1) is 14.5. The Kier molecular flexibility index (Phi) is 7.94. The zero-order valence-corrected chi connectivity index (χ0v) is 18.2.